The lowest BCUT2D eigenvalue weighted by Gasteiger charge is -2.18. The van der Waals surface area contributed by atoms with Crippen LogP contribution in [-0.4, -0.2) is 50.2 Å². The molecular formula is C15H16N6O2. The van der Waals surface area contributed by atoms with E-state index in [2.05, 4.69) is 25.8 Å². The van der Waals surface area contributed by atoms with Crippen LogP contribution in [0.5, 0.6) is 0 Å². The Morgan fingerprint density at radius 1 is 1.35 bits per heavy atom. The number of nitrogens with zero attached hydrogens (tertiary/aromatic N) is 5. The van der Waals surface area contributed by atoms with Crippen molar-refractivity contribution < 1.29 is 9.32 Å². The lowest BCUT2D eigenvalue weighted by atomic mass is 10.1. The molecule has 8 heteroatoms. The summed E-state index contributed by atoms with van der Waals surface area (Å²) in [6.07, 6.45) is 0. The molecule has 1 atom stereocenters. The summed E-state index contributed by atoms with van der Waals surface area (Å²) in [6, 6.07) is 11.2. The lowest BCUT2D eigenvalue weighted by molar-refractivity contribution is 0.0746. The van der Waals surface area contributed by atoms with Crippen molar-refractivity contribution in [3.05, 3.63) is 48.0 Å². The first-order valence-corrected chi connectivity index (χ1v) is 7.16. The number of carbonyl (C=O) groups excluding carboxylic acids is 1. The molecular weight excluding hydrogens is 296 g/mol. The number of benzene rings is 1. The fourth-order valence-corrected chi connectivity index (χ4v) is 2.26. The van der Waals surface area contributed by atoms with Gasteiger partial charge in [-0.1, -0.05) is 47.6 Å². The van der Waals surface area contributed by atoms with Gasteiger partial charge in [-0.3, -0.25) is 4.79 Å². The number of carbonyl (C=O) groups is 1. The molecule has 2 aromatic heterocycles. The number of H-pyrrole nitrogens is 1. The molecule has 0 bridgehead atoms. The Hall–Kier alpha value is -3.03. The first-order valence-electron chi connectivity index (χ1n) is 7.16. The van der Waals surface area contributed by atoms with Gasteiger partial charge in [0.25, 0.3) is 5.91 Å². The van der Waals surface area contributed by atoms with Gasteiger partial charge in [0.1, 0.15) is 5.69 Å². The summed E-state index contributed by atoms with van der Waals surface area (Å²) in [7, 11) is 1.70. The van der Waals surface area contributed by atoms with Crippen molar-refractivity contribution in [2.24, 2.45) is 0 Å². The quantitative estimate of drug-likeness (QED) is 0.770. The van der Waals surface area contributed by atoms with E-state index in [1.54, 1.807) is 18.0 Å². The minimum Gasteiger partial charge on any atom is -0.350 e. The number of likely N-dealkylation sites (N-methyl/N-ethyl adjacent to an activating group) is 1. The molecule has 118 valence electrons. The maximum atomic E-state index is 12.4. The van der Waals surface area contributed by atoms with Gasteiger partial charge in [0.15, 0.2) is 5.82 Å². The second-order valence-corrected chi connectivity index (χ2v) is 5.30. The number of hydrogen-bond acceptors (Lipinski definition) is 6. The van der Waals surface area contributed by atoms with Gasteiger partial charge in [-0.05, 0) is 0 Å². The summed E-state index contributed by atoms with van der Waals surface area (Å²) in [6.45, 7) is 2.37. The minimum atomic E-state index is -0.241. The highest BCUT2D eigenvalue weighted by Gasteiger charge is 2.21. The average Bonchev–Trinajstić information content (AvgIpc) is 3.26. The highest BCUT2D eigenvalue weighted by Crippen LogP contribution is 2.20. The Balaban J connectivity index is 1.69. The molecule has 0 radical (unpaired) electrons. The highest BCUT2D eigenvalue weighted by molar-refractivity contribution is 5.92. The largest absolute Gasteiger partial charge is 0.350 e. The van der Waals surface area contributed by atoms with E-state index in [1.807, 2.05) is 37.3 Å². The topological polar surface area (TPSA) is 101 Å². The average molecular weight is 312 g/mol. The molecule has 1 N–H and O–H groups in total. The van der Waals surface area contributed by atoms with Crippen molar-refractivity contribution in [1.29, 1.82) is 0 Å². The van der Waals surface area contributed by atoms with E-state index in [-0.39, 0.29) is 17.6 Å². The molecule has 3 rings (SSSR count). The Morgan fingerprint density at radius 2 is 2.13 bits per heavy atom. The molecule has 0 aliphatic carbocycles. The smallest absolute Gasteiger partial charge is 0.292 e. The molecule has 1 amide bonds. The second kappa shape index (κ2) is 6.39. The van der Waals surface area contributed by atoms with Crippen LogP contribution in [-0.2, 0) is 0 Å². The summed E-state index contributed by atoms with van der Waals surface area (Å²) in [4.78, 5) is 14.0. The second-order valence-electron chi connectivity index (χ2n) is 5.30. The van der Waals surface area contributed by atoms with Crippen LogP contribution >= 0.6 is 0 Å². The Bertz CT molecular complexity index is 768. The fraction of sp³-hybridized carbons (Fsp3) is 0.267. The van der Waals surface area contributed by atoms with Crippen molar-refractivity contribution >= 4 is 5.91 Å². The van der Waals surface area contributed by atoms with Crippen LogP contribution in [0, 0.1) is 0 Å². The van der Waals surface area contributed by atoms with Gasteiger partial charge in [-0.2, -0.15) is 5.21 Å². The molecule has 2 heterocycles. The van der Waals surface area contributed by atoms with E-state index in [1.165, 1.54) is 0 Å². The van der Waals surface area contributed by atoms with Crippen molar-refractivity contribution in [2.75, 3.05) is 13.6 Å². The third-order valence-corrected chi connectivity index (χ3v) is 3.49. The SMILES string of the molecule is C[C@H](CN(C)C(=O)c1cc(-c2ccccc2)no1)c1nn[nH]n1. The molecule has 3 aromatic rings. The third-order valence-electron chi connectivity index (χ3n) is 3.49. The van der Waals surface area contributed by atoms with Gasteiger partial charge in [-0.15, -0.1) is 10.2 Å². The predicted molar refractivity (Wildman–Crippen MR) is 81.5 cm³/mol. The van der Waals surface area contributed by atoms with Crippen molar-refractivity contribution in [1.82, 2.24) is 30.7 Å². The Labute approximate surface area is 132 Å². The van der Waals surface area contributed by atoms with Crippen LogP contribution in [0.2, 0.25) is 0 Å². The Morgan fingerprint density at radius 3 is 2.83 bits per heavy atom. The van der Waals surface area contributed by atoms with E-state index in [4.69, 9.17) is 4.52 Å². The first kappa shape index (κ1) is 14.9. The molecule has 8 nitrogen and oxygen atoms in total. The number of rotatable bonds is 5. The monoisotopic (exact) mass is 312 g/mol. The van der Waals surface area contributed by atoms with Crippen LogP contribution in [0.1, 0.15) is 29.2 Å². The van der Waals surface area contributed by atoms with E-state index >= 15 is 0 Å². The lowest BCUT2D eigenvalue weighted by Crippen LogP contribution is -2.30. The summed E-state index contributed by atoms with van der Waals surface area (Å²) in [5, 5.41) is 17.7. The van der Waals surface area contributed by atoms with Crippen LogP contribution in [0.15, 0.2) is 40.9 Å². The van der Waals surface area contributed by atoms with E-state index < -0.39 is 0 Å². The van der Waals surface area contributed by atoms with Crippen LogP contribution < -0.4 is 0 Å². The highest BCUT2D eigenvalue weighted by atomic mass is 16.5. The molecule has 1 aromatic carbocycles. The predicted octanol–water partition coefficient (Wildman–Crippen LogP) is 1.73. The van der Waals surface area contributed by atoms with Gasteiger partial charge < -0.3 is 9.42 Å². The first-order chi connectivity index (χ1) is 11.1. The minimum absolute atomic E-state index is 0.0424. The van der Waals surface area contributed by atoms with Crippen LogP contribution in [0.4, 0.5) is 0 Å². The van der Waals surface area contributed by atoms with Crippen molar-refractivity contribution in [3.63, 3.8) is 0 Å². The van der Waals surface area contributed by atoms with E-state index in [9.17, 15) is 4.79 Å². The van der Waals surface area contributed by atoms with Gasteiger partial charge in [0, 0.05) is 31.1 Å². The van der Waals surface area contributed by atoms with Crippen LogP contribution in [0.25, 0.3) is 11.3 Å². The number of amides is 1. The van der Waals surface area contributed by atoms with Gasteiger partial charge >= 0.3 is 0 Å². The van der Waals surface area contributed by atoms with E-state index in [0.29, 0.717) is 18.1 Å². The number of tetrazole rings is 1. The van der Waals surface area contributed by atoms with Crippen molar-refractivity contribution in [2.45, 2.75) is 12.8 Å². The maximum absolute atomic E-state index is 12.4. The molecule has 0 fully saturated rings. The fourth-order valence-electron chi connectivity index (χ4n) is 2.26. The summed E-state index contributed by atoms with van der Waals surface area (Å²) < 4.78 is 5.18. The molecule has 0 aliphatic heterocycles. The molecule has 0 spiro atoms. The maximum Gasteiger partial charge on any atom is 0.292 e. The Kier molecular flexibility index (Phi) is 4.13. The van der Waals surface area contributed by atoms with Crippen LogP contribution in [0.3, 0.4) is 0 Å². The zero-order valence-electron chi connectivity index (χ0n) is 12.8. The molecule has 0 unspecified atom stereocenters. The summed E-state index contributed by atoms with van der Waals surface area (Å²) >= 11 is 0. The van der Waals surface area contributed by atoms with E-state index in [0.717, 1.165) is 5.56 Å². The molecule has 0 saturated carbocycles. The van der Waals surface area contributed by atoms with Crippen molar-refractivity contribution in [3.8, 4) is 11.3 Å². The summed E-state index contributed by atoms with van der Waals surface area (Å²) in [5.74, 6) is 0.480. The summed E-state index contributed by atoms with van der Waals surface area (Å²) in [5.41, 5.74) is 1.53. The zero-order chi connectivity index (χ0) is 16.2. The molecule has 0 aliphatic rings. The molecule has 0 saturated heterocycles. The number of nitrogens with one attached hydrogen (secondary N) is 1. The van der Waals surface area contributed by atoms with Gasteiger partial charge in [0.05, 0.1) is 0 Å². The molecule has 23 heavy (non-hydrogen) atoms. The third kappa shape index (κ3) is 3.25. The normalized spacial score (nSPS) is 12.1. The number of aromatic nitrogens is 5. The standard InChI is InChI=1S/C15H16N6O2/c1-10(14-16-19-20-17-14)9-21(2)15(22)13-8-12(18-23-13)11-6-4-3-5-7-11/h3-8,10H,9H2,1-2H3,(H,16,17,19,20)/t10-/m1/s1. The number of aromatic amines is 1. The van der Waals surface area contributed by atoms with Gasteiger partial charge in [0.2, 0.25) is 5.76 Å². The zero-order valence-corrected chi connectivity index (χ0v) is 12.8. The number of hydrogen-bond donors (Lipinski definition) is 1. The van der Waals surface area contributed by atoms with Gasteiger partial charge in [-0.25, -0.2) is 0 Å².